The van der Waals surface area contributed by atoms with Gasteiger partial charge in [-0.05, 0) is 54.8 Å². The molecule has 0 radical (unpaired) electrons. The Hall–Kier alpha value is 0. The van der Waals surface area contributed by atoms with Crippen LogP contribution in [0.3, 0.4) is 0 Å². The highest BCUT2D eigenvalue weighted by molar-refractivity contribution is 5.37. The Labute approximate surface area is 74.7 Å². The van der Waals surface area contributed by atoms with Crippen molar-refractivity contribution in [3.8, 4) is 0 Å². The Morgan fingerprint density at radius 2 is 0.667 bits per heavy atom. The van der Waals surface area contributed by atoms with Gasteiger partial charge in [0.2, 0.25) is 0 Å². The van der Waals surface area contributed by atoms with E-state index in [0.29, 0.717) is 0 Å². The van der Waals surface area contributed by atoms with Crippen molar-refractivity contribution < 1.29 is 0 Å². The molecule has 0 aromatic carbocycles. The van der Waals surface area contributed by atoms with Gasteiger partial charge in [-0.2, -0.15) is 0 Å². The van der Waals surface area contributed by atoms with Gasteiger partial charge in [-0.25, -0.2) is 0 Å². The van der Waals surface area contributed by atoms with Crippen molar-refractivity contribution in [2.24, 2.45) is 16.2 Å². The van der Waals surface area contributed by atoms with Crippen molar-refractivity contribution in [1.29, 1.82) is 0 Å². The Kier molecular flexibility index (Phi) is 0.811. The summed E-state index contributed by atoms with van der Waals surface area (Å²) in [7, 11) is 0. The Bertz CT molecular complexity index is 184. The van der Waals surface area contributed by atoms with Crippen molar-refractivity contribution in [3.63, 3.8) is 0 Å². The second kappa shape index (κ2) is 1.51. The van der Waals surface area contributed by atoms with Crippen molar-refractivity contribution in [2.75, 3.05) is 0 Å². The van der Waals surface area contributed by atoms with E-state index in [1.165, 1.54) is 0 Å². The Morgan fingerprint density at radius 1 is 0.417 bits per heavy atom. The highest BCUT2D eigenvalue weighted by Crippen LogP contribution is 2.96. The molecule has 0 aromatic heterocycles. The SMILES string of the molecule is C1CC2(C1)C1(CCC1)C21CCC1. The summed E-state index contributed by atoms with van der Waals surface area (Å²) in [6.07, 6.45) is 14.4. The molecular weight excluding hydrogens is 144 g/mol. The summed E-state index contributed by atoms with van der Waals surface area (Å²) in [5.41, 5.74) is 2.86. The maximum atomic E-state index is 1.62. The van der Waals surface area contributed by atoms with E-state index in [9.17, 15) is 0 Å². The fraction of sp³-hybridized carbons (Fsp3) is 1.00. The summed E-state index contributed by atoms with van der Waals surface area (Å²) in [5.74, 6) is 0. The molecule has 0 aromatic rings. The largest absolute Gasteiger partial charge is 0.0522 e. The van der Waals surface area contributed by atoms with Gasteiger partial charge in [-0.1, -0.05) is 19.3 Å². The fourth-order valence-corrected chi connectivity index (χ4v) is 5.48. The predicted molar refractivity (Wildman–Crippen MR) is 48.9 cm³/mol. The zero-order valence-electron chi connectivity index (χ0n) is 7.86. The molecular formula is C12H18. The highest BCUT2D eigenvalue weighted by atomic mass is 14.9. The van der Waals surface area contributed by atoms with Crippen LogP contribution in [-0.2, 0) is 0 Å². The molecule has 0 nitrogen and oxygen atoms in total. The van der Waals surface area contributed by atoms with Crippen LogP contribution >= 0.6 is 0 Å². The Balaban J connectivity index is 1.78. The van der Waals surface area contributed by atoms with Crippen LogP contribution < -0.4 is 0 Å². The third-order valence-electron chi connectivity index (χ3n) is 6.31. The number of fused-ring (bicyclic) bond motifs is 3. The quantitative estimate of drug-likeness (QED) is 0.511. The molecule has 0 unspecified atom stereocenters. The molecule has 0 N–H and O–H groups in total. The number of rotatable bonds is 0. The van der Waals surface area contributed by atoms with Crippen LogP contribution in [0.15, 0.2) is 0 Å². The Morgan fingerprint density at radius 3 is 0.750 bits per heavy atom. The molecule has 4 saturated carbocycles. The molecule has 0 aliphatic heterocycles. The van der Waals surface area contributed by atoms with Crippen LogP contribution in [0.2, 0.25) is 0 Å². The third kappa shape index (κ3) is 0.337. The zero-order valence-corrected chi connectivity index (χ0v) is 7.86. The van der Waals surface area contributed by atoms with Gasteiger partial charge in [0.1, 0.15) is 0 Å². The molecule has 66 valence electrons. The van der Waals surface area contributed by atoms with E-state index in [4.69, 9.17) is 0 Å². The van der Waals surface area contributed by atoms with E-state index in [2.05, 4.69) is 0 Å². The van der Waals surface area contributed by atoms with Crippen molar-refractivity contribution in [2.45, 2.75) is 57.8 Å². The smallest absolute Gasteiger partial charge is 0.0173 e. The summed E-state index contributed by atoms with van der Waals surface area (Å²) in [6, 6.07) is 0. The lowest BCUT2D eigenvalue weighted by Gasteiger charge is -2.38. The maximum absolute atomic E-state index is 1.62. The second-order valence-electron chi connectivity index (χ2n) is 5.81. The topological polar surface area (TPSA) is 0 Å². The first-order valence-electron chi connectivity index (χ1n) is 5.87. The van der Waals surface area contributed by atoms with Gasteiger partial charge in [0.15, 0.2) is 0 Å². The van der Waals surface area contributed by atoms with Gasteiger partial charge in [0, 0.05) is 0 Å². The molecule has 0 amide bonds. The van der Waals surface area contributed by atoms with E-state index in [1.807, 2.05) is 0 Å². The minimum absolute atomic E-state index is 0.955. The normalized spacial score (nSPS) is 42.0. The summed E-state index contributed by atoms with van der Waals surface area (Å²) in [4.78, 5) is 0. The van der Waals surface area contributed by atoms with Gasteiger partial charge in [0.05, 0.1) is 0 Å². The summed E-state index contributed by atoms with van der Waals surface area (Å²) in [6.45, 7) is 0. The van der Waals surface area contributed by atoms with Crippen LogP contribution in [0.5, 0.6) is 0 Å². The van der Waals surface area contributed by atoms with Crippen LogP contribution in [0.1, 0.15) is 57.8 Å². The van der Waals surface area contributed by atoms with Crippen LogP contribution in [0, 0.1) is 16.2 Å². The van der Waals surface area contributed by atoms with E-state index in [0.717, 1.165) is 16.2 Å². The van der Waals surface area contributed by atoms with E-state index >= 15 is 0 Å². The van der Waals surface area contributed by atoms with Crippen molar-refractivity contribution in [3.05, 3.63) is 0 Å². The fourth-order valence-electron chi connectivity index (χ4n) is 5.48. The van der Waals surface area contributed by atoms with E-state index in [1.54, 1.807) is 57.8 Å². The van der Waals surface area contributed by atoms with Crippen LogP contribution in [-0.4, -0.2) is 0 Å². The minimum atomic E-state index is 0.955. The first-order chi connectivity index (χ1) is 5.87. The molecule has 4 fully saturated rings. The first kappa shape index (κ1) is 6.45. The second-order valence-corrected chi connectivity index (χ2v) is 5.81. The maximum Gasteiger partial charge on any atom is -0.0173 e. The van der Waals surface area contributed by atoms with Crippen molar-refractivity contribution >= 4 is 0 Å². The van der Waals surface area contributed by atoms with Gasteiger partial charge in [0.25, 0.3) is 0 Å². The lowest BCUT2D eigenvalue weighted by atomic mass is 9.67. The summed E-state index contributed by atoms with van der Waals surface area (Å²) >= 11 is 0. The molecule has 0 heteroatoms. The predicted octanol–water partition coefficient (Wildman–Crippen LogP) is 3.51. The van der Waals surface area contributed by atoms with Crippen LogP contribution in [0.4, 0.5) is 0 Å². The van der Waals surface area contributed by atoms with E-state index < -0.39 is 0 Å². The first-order valence-corrected chi connectivity index (χ1v) is 5.87. The molecule has 0 saturated heterocycles. The molecule has 4 rings (SSSR count). The molecule has 3 spiro atoms. The third-order valence-corrected chi connectivity index (χ3v) is 6.31. The molecule has 4 aliphatic rings. The number of hydrogen-bond donors (Lipinski definition) is 0. The molecule has 0 heterocycles. The molecule has 0 bridgehead atoms. The van der Waals surface area contributed by atoms with Gasteiger partial charge >= 0.3 is 0 Å². The standard InChI is InChI=1S/C12H18/c1-4-10(5-1)11(6-2-7-11)12(10)8-3-9-12/h1-9H2. The lowest BCUT2D eigenvalue weighted by molar-refractivity contribution is 0.129. The van der Waals surface area contributed by atoms with Gasteiger partial charge < -0.3 is 0 Å². The highest BCUT2D eigenvalue weighted by Gasteiger charge is 2.88. The van der Waals surface area contributed by atoms with Crippen LogP contribution in [0.25, 0.3) is 0 Å². The summed E-state index contributed by atoms with van der Waals surface area (Å²) in [5, 5.41) is 0. The number of hydrogen-bond acceptors (Lipinski definition) is 0. The molecule has 12 heavy (non-hydrogen) atoms. The average molecular weight is 162 g/mol. The molecule has 0 atom stereocenters. The molecule has 4 aliphatic carbocycles. The average Bonchev–Trinajstić information content (AvgIpc) is 2.40. The monoisotopic (exact) mass is 162 g/mol. The zero-order chi connectivity index (χ0) is 7.86. The van der Waals surface area contributed by atoms with Gasteiger partial charge in [-0.3, -0.25) is 0 Å². The van der Waals surface area contributed by atoms with Crippen molar-refractivity contribution in [1.82, 2.24) is 0 Å². The van der Waals surface area contributed by atoms with Gasteiger partial charge in [-0.15, -0.1) is 0 Å². The lowest BCUT2D eigenvalue weighted by Crippen LogP contribution is -2.26. The minimum Gasteiger partial charge on any atom is -0.0522 e. The van der Waals surface area contributed by atoms with E-state index in [-0.39, 0.29) is 0 Å². The summed E-state index contributed by atoms with van der Waals surface area (Å²) < 4.78 is 0.